The zero-order valence-electron chi connectivity index (χ0n) is 10.9. The van der Waals surface area contributed by atoms with Crippen molar-refractivity contribution >= 4 is 29.0 Å². The average Bonchev–Trinajstić information content (AvgIpc) is 2.76. The van der Waals surface area contributed by atoms with Crippen molar-refractivity contribution in [2.75, 3.05) is 0 Å². The van der Waals surface area contributed by atoms with Crippen LogP contribution in [0.5, 0.6) is 0 Å². The second-order valence-corrected chi connectivity index (χ2v) is 6.50. The summed E-state index contributed by atoms with van der Waals surface area (Å²) in [6.45, 7) is 1.88. The summed E-state index contributed by atoms with van der Waals surface area (Å²) >= 11 is 3.06. The predicted octanol–water partition coefficient (Wildman–Crippen LogP) is 2.64. The Morgan fingerprint density at radius 2 is 2.25 bits per heavy atom. The van der Waals surface area contributed by atoms with Crippen LogP contribution in [0.2, 0.25) is 0 Å². The highest BCUT2D eigenvalue weighted by Crippen LogP contribution is 2.30. The molecule has 0 saturated heterocycles. The van der Waals surface area contributed by atoms with Crippen molar-refractivity contribution in [1.29, 1.82) is 5.26 Å². The van der Waals surface area contributed by atoms with Gasteiger partial charge in [0.05, 0.1) is 23.7 Å². The minimum absolute atomic E-state index is 0.235. The maximum absolute atomic E-state index is 11.0. The van der Waals surface area contributed by atoms with Gasteiger partial charge in [0.15, 0.2) is 4.34 Å². The molecule has 0 unspecified atom stereocenters. The Labute approximate surface area is 125 Å². The standard InChI is InChI=1S/C14H13N3OS2/c1-9-12(6-13(16)18)20-14(17-9)19-8-11-5-3-2-4-10(11)7-15/h2-5H,6,8H2,1H3,(H2,16,18). The van der Waals surface area contributed by atoms with Crippen LogP contribution in [-0.2, 0) is 17.0 Å². The van der Waals surface area contributed by atoms with Gasteiger partial charge < -0.3 is 5.73 Å². The zero-order chi connectivity index (χ0) is 14.5. The summed E-state index contributed by atoms with van der Waals surface area (Å²) < 4.78 is 0.895. The number of nitrogens with zero attached hydrogens (tertiary/aromatic N) is 2. The van der Waals surface area contributed by atoms with Crippen LogP contribution in [-0.4, -0.2) is 10.9 Å². The fourth-order valence-electron chi connectivity index (χ4n) is 1.68. The Morgan fingerprint density at radius 3 is 2.95 bits per heavy atom. The van der Waals surface area contributed by atoms with Gasteiger partial charge in [0.25, 0.3) is 0 Å². The minimum atomic E-state index is -0.344. The predicted molar refractivity (Wildman–Crippen MR) is 80.5 cm³/mol. The van der Waals surface area contributed by atoms with E-state index < -0.39 is 0 Å². The number of amides is 1. The van der Waals surface area contributed by atoms with E-state index in [9.17, 15) is 4.79 Å². The lowest BCUT2D eigenvalue weighted by molar-refractivity contribution is -0.117. The summed E-state index contributed by atoms with van der Waals surface area (Å²) in [5, 5.41) is 9.04. The average molecular weight is 303 g/mol. The fraction of sp³-hybridized carbons (Fsp3) is 0.214. The van der Waals surface area contributed by atoms with E-state index >= 15 is 0 Å². The van der Waals surface area contributed by atoms with Gasteiger partial charge >= 0.3 is 0 Å². The van der Waals surface area contributed by atoms with Crippen LogP contribution < -0.4 is 5.73 Å². The molecule has 2 aromatic rings. The Kier molecular flexibility index (Phi) is 4.77. The molecule has 102 valence electrons. The number of aryl methyl sites for hydroxylation is 1. The molecule has 1 aromatic carbocycles. The van der Waals surface area contributed by atoms with Gasteiger partial charge in [0.2, 0.25) is 5.91 Å². The van der Waals surface area contributed by atoms with Crippen LogP contribution >= 0.6 is 23.1 Å². The van der Waals surface area contributed by atoms with Crippen LogP contribution in [0.3, 0.4) is 0 Å². The normalized spacial score (nSPS) is 10.2. The summed E-state index contributed by atoms with van der Waals surface area (Å²) in [6, 6.07) is 9.70. The maximum atomic E-state index is 11.0. The third-order valence-corrected chi connectivity index (χ3v) is 5.05. The zero-order valence-corrected chi connectivity index (χ0v) is 12.6. The van der Waals surface area contributed by atoms with E-state index in [2.05, 4.69) is 11.1 Å². The Bertz CT molecular complexity index is 673. The molecule has 0 atom stereocenters. The number of hydrogen-bond donors (Lipinski definition) is 1. The summed E-state index contributed by atoms with van der Waals surface area (Å²) in [4.78, 5) is 16.3. The minimum Gasteiger partial charge on any atom is -0.369 e. The number of carbonyl (C=O) groups excluding carboxylic acids is 1. The van der Waals surface area contributed by atoms with Crippen LogP contribution in [0.4, 0.5) is 0 Å². The molecular weight excluding hydrogens is 290 g/mol. The summed E-state index contributed by atoms with van der Waals surface area (Å²) in [5.74, 6) is 0.343. The number of nitrogens with two attached hydrogens (primary N) is 1. The molecule has 0 bridgehead atoms. The number of benzene rings is 1. The molecule has 0 spiro atoms. The van der Waals surface area contributed by atoms with Gasteiger partial charge in [-0.25, -0.2) is 4.98 Å². The molecule has 1 heterocycles. The third-order valence-electron chi connectivity index (χ3n) is 2.70. The first kappa shape index (κ1) is 14.6. The van der Waals surface area contributed by atoms with E-state index in [0.717, 1.165) is 20.5 Å². The van der Waals surface area contributed by atoms with Gasteiger partial charge in [-0.1, -0.05) is 30.0 Å². The molecule has 4 nitrogen and oxygen atoms in total. The summed E-state index contributed by atoms with van der Waals surface area (Å²) in [6.07, 6.45) is 0.235. The number of rotatable bonds is 5. The number of carbonyl (C=O) groups is 1. The molecule has 6 heteroatoms. The topological polar surface area (TPSA) is 79.8 Å². The van der Waals surface area contributed by atoms with Crippen LogP contribution in [0, 0.1) is 18.3 Å². The molecule has 0 aliphatic carbocycles. The monoisotopic (exact) mass is 303 g/mol. The molecule has 0 fully saturated rings. The maximum Gasteiger partial charge on any atom is 0.222 e. The van der Waals surface area contributed by atoms with E-state index in [1.54, 1.807) is 11.8 Å². The second kappa shape index (κ2) is 6.55. The molecule has 2 rings (SSSR count). The van der Waals surface area contributed by atoms with E-state index in [4.69, 9.17) is 11.0 Å². The first-order valence-corrected chi connectivity index (χ1v) is 7.75. The van der Waals surface area contributed by atoms with Gasteiger partial charge in [-0.2, -0.15) is 5.26 Å². The highest BCUT2D eigenvalue weighted by atomic mass is 32.2. The number of primary amides is 1. The molecule has 20 heavy (non-hydrogen) atoms. The second-order valence-electron chi connectivity index (χ2n) is 4.19. The van der Waals surface area contributed by atoms with Gasteiger partial charge in [-0.05, 0) is 18.6 Å². The van der Waals surface area contributed by atoms with Gasteiger partial charge in [-0.3, -0.25) is 4.79 Å². The van der Waals surface area contributed by atoms with E-state index in [1.165, 1.54) is 11.3 Å². The molecule has 0 saturated carbocycles. The summed E-state index contributed by atoms with van der Waals surface area (Å²) in [7, 11) is 0. The van der Waals surface area contributed by atoms with E-state index in [-0.39, 0.29) is 12.3 Å². The molecule has 2 N–H and O–H groups in total. The Morgan fingerprint density at radius 1 is 1.50 bits per heavy atom. The van der Waals surface area contributed by atoms with Gasteiger partial charge in [0.1, 0.15) is 0 Å². The summed E-state index contributed by atoms with van der Waals surface area (Å²) in [5.41, 5.74) is 7.73. The van der Waals surface area contributed by atoms with E-state index in [1.807, 2.05) is 31.2 Å². The lowest BCUT2D eigenvalue weighted by Gasteiger charge is -2.00. The van der Waals surface area contributed by atoms with Crippen molar-refractivity contribution in [3.8, 4) is 6.07 Å². The van der Waals surface area contributed by atoms with Crippen LogP contribution in [0.15, 0.2) is 28.6 Å². The number of hydrogen-bond acceptors (Lipinski definition) is 5. The smallest absolute Gasteiger partial charge is 0.222 e. The number of nitriles is 1. The lowest BCUT2D eigenvalue weighted by Crippen LogP contribution is -2.13. The highest BCUT2D eigenvalue weighted by molar-refractivity contribution is 8.00. The Hall–Kier alpha value is -1.84. The van der Waals surface area contributed by atoms with Crippen molar-refractivity contribution in [2.45, 2.75) is 23.4 Å². The van der Waals surface area contributed by atoms with Crippen molar-refractivity contribution in [2.24, 2.45) is 5.73 Å². The van der Waals surface area contributed by atoms with Gasteiger partial charge in [-0.15, -0.1) is 11.3 Å². The first-order valence-electron chi connectivity index (χ1n) is 5.95. The van der Waals surface area contributed by atoms with Crippen molar-refractivity contribution in [1.82, 2.24) is 4.98 Å². The van der Waals surface area contributed by atoms with Crippen molar-refractivity contribution in [3.05, 3.63) is 46.0 Å². The van der Waals surface area contributed by atoms with Crippen molar-refractivity contribution < 1.29 is 4.79 Å². The molecule has 0 aliphatic heterocycles. The molecule has 0 radical (unpaired) electrons. The van der Waals surface area contributed by atoms with Crippen molar-refractivity contribution in [3.63, 3.8) is 0 Å². The number of thioether (sulfide) groups is 1. The fourth-order valence-corrected chi connectivity index (χ4v) is 3.93. The SMILES string of the molecule is Cc1nc(SCc2ccccc2C#N)sc1CC(N)=O. The largest absolute Gasteiger partial charge is 0.369 e. The molecule has 1 aromatic heterocycles. The lowest BCUT2D eigenvalue weighted by atomic mass is 10.1. The van der Waals surface area contributed by atoms with E-state index in [0.29, 0.717) is 11.3 Å². The van der Waals surface area contributed by atoms with Crippen LogP contribution in [0.1, 0.15) is 21.7 Å². The molecular formula is C14H13N3OS2. The Balaban J connectivity index is 2.08. The first-order chi connectivity index (χ1) is 9.60. The number of thiazole rings is 1. The number of aromatic nitrogens is 1. The highest BCUT2D eigenvalue weighted by Gasteiger charge is 2.11. The third kappa shape index (κ3) is 3.59. The van der Waals surface area contributed by atoms with Crippen LogP contribution in [0.25, 0.3) is 0 Å². The van der Waals surface area contributed by atoms with Gasteiger partial charge in [0, 0.05) is 10.6 Å². The molecule has 0 aliphatic rings. The molecule has 1 amide bonds. The quantitative estimate of drug-likeness (QED) is 0.861.